The first kappa shape index (κ1) is 13.8. The highest BCUT2D eigenvalue weighted by molar-refractivity contribution is 7.11. The van der Waals surface area contributed by atoms with E-state index in [1.165, 1.54) is 11.3 Å². The smallest absolute Gasteiger partial charge is 0.0942 e. The molecule has 0 amide bonds. The number of thiazole rings is 1. The van der Waals surface area contributed by atoms with E-state index in [4.69, 9.17) is 23.2 Å². The molecule has 0 radical (unpaired) electrons. The number of aliphatic hydroxyl groups is 1. The first-order valence-electron chi connectivity index (χ1n) is 5.54. The Kier molecular flexibility index (Phi) is 4.28. The number of nitrogens with zero attached hydrogens (tertiary/aromatic N) is 1. The first-order valence-corrected chi connectivity index (χ1v) is 7.11. The zero-order chi connectivity index (χ0) is 13.3. The van der Waals surface area contributed by atoms with Crippen molar-refractivity contribution in [3.63, 3.8) is 0 Å². The molecule has 18 heavy (non-hydrogen) atoms. The monoisotopic (exact) mass is 301 g/mol. The van der Waals surface area contributed by atoms with Crippen LogP contribution < -0.4 is 0 Å². The fourth-order valence-electron chi connectivity index (χ4n) is 1.87. The molecule has 96 valence electrons. The summed E-state index contributed by atoms with van der Waals surface area (Å²) in [7, 11) is 0. The van der Waals surface area contributed by atoms with E-state index in [9.17, 15) is 5.11 Å². The Morgan fingerprint density at radius 1 is 1.28 bits per heavy atom. The Morgan fingerprint density at radius 2 is 1.89 bits per heavy atom. The van der Waals surface area contributed by atoms with Crippen LogP contribution in [0, 0.1) is 13.8 Å². The number of aryl methyl sites for hydroxylation is 2. The van der Waals surface area contributed by atoms with Crippen LogP contribution in [0.2, 0.25) is 10.0 Å². The van der Waals surface area contributed by atoms with Crippen LogP contribution in [0.3, 0.4) is 0 Å². The molecule has 1 aromatic carbocycles. The lowest BCUT2D eigenvalue weighted by Crippen LogP contribution is -2.02. The number of aromatic nitrogens is 1. The predicted octanol–water partition coefficient (Wildman–Crippen LogP) is 4.34. The van der Waals surface area contributed by atoms with Gasteiger partial charge in [-0.3, -0.25) is 0 Å². The van der Waals surface area contributed by atoms with Crippen LogP contribution in [-0.4, -0.2) is 10.1 Å². The van der Waals surface area contributed by atoms with Crippen molar-refractivity contribution in [3.8, 4) is 0 Å². The average Bonchev–Trinajstić information content (AvgIpc) is 2.63. The van der Waals surface area contributed by atoms with Gasteiger partial charge in [0.2, 0.25) is 0 Å². The maximum atomic E-state index is 10.3. The number of aliphatic hydroxyl groups excluding tert-OH is 1. The molecular formula is C13H13Cl2NOS. The van der Waals surface area contributed by atoms with Gasteiger partial charge in [0, 0.05) is 16.5 Å². The Morgan fingerprint density at radius 3 is 2.39 bits per heavy atom. The lowest BCUT2D eigenvalue weighted by molar-refractivity contribution is 0.181. The van der Waals surface area contributed by atoms with Crippen LogP contribution in [0.4, 0.5) is 0 Å². The minimum atomic E-state index is -0.617. The molecule has 1 atom stereocenters. The number of hydrogen-bond donors (Lipinski definition) is 1. The molecular weight excluding hydrogens is 289 g/mol. The van der Waals surface area contributed by atoms with Gasteiger partial charge in [0.05, 0.1) is 21.7 Å². The van der Waals surface area contributed by atoms with Gasteiger partial charge in [0.1, 0.15) is 0 Å². The van der Waals surface area contributed by atoms with Crippen molar-refractivity contribution in [2.24, 2.45) is 0 Å². The third-order valence-electron chi connectivity index (χ3n) is 2.70. The zero-order valence-electron chi connectivity index (χ0n) is 10.1. The summed E-state index contributed by atoms with van der Waals surface area (Å²) in [5, 5.41) is 12.4. The summed E-state index contributed by atoms with van der Waals surface area (Å²) < 4.78 is 0. The number of halogens is 2. The van der Waals surface area contributed by atoms with E-state index >= 15 is 0 Å². The number of benzene rings is 1. The van der Waals surface area contributed by atoms with Crippen LogP contribution in [-0.2, 0) is 6.42 Å². The molecule has 0 bridgehead atoms. The fourth-order valence-corrected chi connectivity index (χ4v) is 3.33. The van der Waals surface area contributed by atoms with Crippen LogP contribution in [0.15, 0.2) is 18.2 Å². The molecule has 2 aromatic rings. The highest BCUT2D eigenvalue weighted by atomic mass is 35.5. The molecule has 0 saturated carbocycles. The average molecular weight is 302 g/mol. The fraction of sp³-hybridized carbons (Fsp3) is 0.308. The number of rotatable bonds is 3. The molecule has 0 fully saturated rings. The summed E-state index contributed by atoms with van der Waals surface area (Å²) in [6.07, 6.45) is -0.213. The predicted molar refractivity (Wildman–Crippen MR) is 76.7 cm³/mol. The van der Waals surface area contributed by atoms with E-state index in [0.717, 1.165) is 21.1 Å². The second-order valence-electron chi connectivity index (χ2n) is 4.10. The molecule has 2 nitrogen and oxygen atoms in total. The van der Waals surface area contributed by atoms with Gasteiger partial charge in [-0.1, -0.05) is 29.3 Å². The Hall–Kier alpha value is -0.610. The molecule has 2 rings (SSSR count). The van der Waals surface area contributed by atoms with Gasteiger partial charge in [-0.2, -0.15) is 0 Å². The van der Waals surface area contributed by atoms with E-state index in [2.05, 4.69) is 4.98 Å². The highest BCUT2D eigenvalue weighted by Crippen LogP contribution is 2.32. The van der Waals surface area contributed by atoms with Gasteiger partial charge in [-0.15, -0.1) is 11.3 Å². The maximum Gasteiger partial charge on any atom is 0.0942 e. The van der Waals surface area contributed by atoms with Gasteiger partial charge in [0.15, 0.2) is 0 Å². The van der Waals surface area contributed by atoms with Crippen molar-refractivity contribution in [1.82, 2.24) is 4.98 Å². The van der Waals surface area contributed by atoms with E-state index in [1.807, 2.05) is 13.8 Å². The maximum absolute atomic E-state index is 10.3. The first-order chi connectivity index (χ1) is 8.49. The van der Waals surface area contributed by atoms with E-state index in [0.29, 0.717) is 16.5 Å². The molecule has 1 heterocycles. The molecule has 5 heteroatoms. The van der Waals surface area contributed by atoms with Gasteiger partial charge >= 0.3 is 0 Å². The van der Waals surface area contributed by atoms with Crippen molar-refractivity contribution in [1.29, 1.82) is 0 Å². The van der Waals surface area contributed by atoms with Crippen molar-refractivity contribution >= 4 is 34.5 Å². The molecule has 0 spiro atoms. The minimum absolute atomic E-state index is 0.404. The third-order valence-corrected chi connectivity index (χ3v) is 4.58. The van der Waals surface area contributed by atoms with Crippen LogP contribution >= 0.6 is 34.5 Å². The highest BCUT2D eigenvalue weighted by Gasteiger charge is 2.18. The second kappa shape index (κ2) is 5.57. The Labute approximate surface area is 120 Å². The van der Waals surface area contributed by atoms with Crippen molar-refractivity contribution in [3.05, 3.63) is 49.4 Å². The SMILES string of the molecule is Cc1nc(C)c(C(O)Cc2c(Cl)cccc2Cl)s1. The summed E-state index contributed by atoms with van der Waals surface area (Å²) in [6, 6.07) is 5.35. The molecule has 0 saturated heterocycles. The van der Waals surface area contributed by atoms with Crippen LogP contribution in [0.25, 0.3) is 0 Å². The molecule has 0 aliphatic heterocycles. The zero-order valence-corrected chi connectivity index (χ0v) is 12.4. The second-order valence-corrected chi connectivity index (χ2v) is 6.15. The molecule has 1 aromatic heterocycles. The topological polar surface area (TPSA) is 33.1 Å². The number of hydrogen-bond acceptors (Lipinski definition) is 3. The van der Waals surface area contributed by atoms with E-state index in [1.54, 1.807) is 18.2 Å². The third kappa shape index (κ3) is 2.86. The normalized spacial score (nSPS) is 12.7. The summed E-state index contributed by atoms with van der Waals surface area (Å²) in [4.78, 5) is 5.19. The molecule has 0 aliphatic rings. The Balaban J connectivity index is 2.26. The van der Waals surface area contributed by atoms with E-state index < -0.39 is 6.10 Å². The van der Waals surface area contributed by atoms with E-state index in [-0.39, 0.29) is 0 Å². The van der Waals surface area contributed by atoms with Crippen molar-refractivity contribution < 1.29 is 5.11 Å². The summed E-state index contributed by atoms with van der Waals surface area (Å²) >= 11 is 13.7. The molecule has 0 aliphatic carbocycles. The molecule has 1 unspecified atom stereocenters. The lowest BCUT2D eigenvalue weighted by atomic mass is 10.1. The summed E-state index contributed by atoms with van der Waals surface area (Å²) in [5.74, 6) is 0. The van der Waals surface area contributed by atoms with Gasteiger partial charge in [-0.05, 0) is 31.5 Å². The Bertz CT molecular complexity index is 548. The summed E-state index contributed by atoms with van der Waals surface area (Å²) in [5.41, 5.74) is 1.65. The van der Waals surface area contributed by atoms with Crippen molar-refractivity contribution in [2.45, 2.75) is 26.4 Å². The standard InChI is InChI=1S/C13H13Cl2NOS/c1-7-13(18-8(2)16-7)12(17)6-9-10(14)4-3-5-11(9)15/h3-5,12,17H,6H2,1-2H3. The quantitative estimate of drug-likeness (QED) is 0.914. The van der Waals surface area contributed by atoms with Gasteiger partial charge in [0.25, 0.3) is 0 Å². The lowest BCUT2D eigenvalue weighted by Gasteiger charge is -2.12. The largest absolute Gasteiger partial charge is 0.387 e. The van der Waals surface area contributed by atoms with Crippen LogP contribution in [0.1, 0.15) is 27.2 Å². The molecule has 1 N–H and O–H groups in total. The van der Waals surface area contributed by atoms with Crippen molar-refractivity contribution in [2.75, 3.05) is 0 Å². The van der Waals surface area contributed by atoms with Crippen LogP contribution in [0.5, 0.6) is 0 Å². The van der Waals surface area contributed by atoms with Gasteiger partial charge < -0.3 is 5.11 Å². The van der Waals surface area contributed by atoms with Gasteiger partial charge in [-0.25, -0.2) is 4.98 Å². The summed E-state index contributed by atoms with van der Waals surface area (Å²) in [6.45, 7) is 3.83. The minimum Gasteiger partial charge on any atom is -0.387 e.